The molecule has 4 heteroatoms. The van der Waals surface area contributed by atoms with Gasteiger partial charge in [-0.25, -0.2) is 0 Å². The summed E-state index contributed by atoms with van der Waals surface area (Å²) in [7, 11) is 0. The van der Waals surface area contributed by atoms with Crippen LogP contribution >= 0.6 is 11.6 Å². The number of rotatable bonds is 2. The Morgan fingerprint density at radius 3 is 2.59 bits per heavy atom. The number of hydrogen-bond donors (Lipinski definition) is 2. The van der Waals surface area contributed by atoms with Crippen molar-refractivity contribution in [3.63, 3.8) is 0 Å². The number of anilines is 1. The van der Waals surface area contributed by atoms with Crippen LogP contribution < -0.4 is 11.3 Å². The van der Waals surface area contributed by atoms with Crippen molar-refractivity contribution in [3.8, 4) is 0 Å². The molecule has 90 valence electrons. The average Bonchev–Trinajstić information content (AvgIpc) is 2.33. The summed E-state index contributed by atoms with van der Waals surface area (Å²) in [5.41, 5.74) is 7.79. The van der Waals surface area contributed by atoms with Crippen LogP contribution in [0.25, 0.3) is 10.9 Å². The van der Waals surface area contributed by atoms with Crippen LogP contribution in [0.15, 0.2) is 12.1 Å². The number of nitrogens with two attached hydrogens (primary N) is 1. The molecule has 0 atom stereocenters. The Hall–Kier alpha value is -1.32. The highest BCUT2D eigenvalue weighted by molar-refractivity contribution is 6.32. The molecule has 1 aromatic carbocycles. The number of nitrogens with one attached hydrogen (secondary N) is 1. The van der Waals surface area contributed by atoms with Gasteiger partial charge in [0.15, 0.2) is 0 Å². The number of fused-ring (bicyclic) bond motifs is 1. The van der Waals surface area contributed by atoms with E-state index in [1.807, 2.05) is 26.0 Å². The van der Waals surface area contributed by atoms with Crippen LogP contribution in [0.1, 0.15) is 23.7 Å². The fraction of sp³-hybridized carbons (Fsp3) is 0.308. The van der Waals surface area contributed by atoms with Crippen molar-refractivity contribution in [1.29, 1.82) is 0 Å². The summed E-state index contributed by atoms with van der Waals surface area (Å²) in [6.07, 6.45) is 0.877. The monoisotopic (exact) mass is 249 g/mol. The van der Waals surface area contributed by atoms with E-state index in [1.54, 1.807) is 0 Å². The maximum atomic E-state index is 6.13. The smallest absolute Gasteiger partial charge is 0.0770 e. The fourth-order valence-corrected chi connectivity index (χ4v) is 2.27. The molecule has 0 saturated heterocycles. The largest absolute Gasteiger partial charge is 0.323 e. The van der Waals surface area contributed by atoms with Gasteiger partial charge < -0.3 is 5.43 Å². The van der Waals surface area contributed by atoms with Gasteiger partial charge in [0.2, 0.25) is 0 Å². The van der Waals surface area contributed by atoms with E-state index in [0.717, 1.165) is 44.9 Å². The molecule has 0 radical (unpaired) electrons. The molecule has 0 unspecified atom stereocenters. The summed E-state index contributed by atoms with van der Waals surface area (Å²) >= 11 is 6.13. The Bertz CT molecular complexity index is 579. The van der Waals surface area contributed by atoms with E-state index in [-0.39, 0.29) is 0 Å². The molecule has 0 bridgehead atoms. The molecule has 3 N–H and O–H groups in total. The summed E-state index contributed by atoms with van der Waals surface area (Å²) in [5, 5.41) is 1.75. The van der Waals surface area contributed by atoms with Gasteiger partial charge in [-0.3, -0.25) is 10.8 Å². The number of nitrogen functional groups attached to an aromatic ring is 1. The molecule has 0 amide bonds. The van der Waals surface area contributed by atoms with Crippen LogP contribution in [0.5, 0.6) is 0 Å². The Morgan fingerprint density at radius 1 is 1.29 bits per heavy atom. The van der Waals surface area contributed by atoms with Crippen LogP contribution in [0, 0.1) is 13.8 Å². The molecule has 0 aliphatic carbocycles. The van der Waals surface area contributed by atoms with E-state index in [4.69, 9.17) is 17.4 Å². The van der Waals surface area contributed by atoms with Gasteiger partial charge in [0, 0.05) is 16.1 Å². The molecule has 0 fully saturated rings. The first-order valence-electron chi connectivity index (χ1n) is 5.65. The highest BCUT2D eigenvalue weighted by Crippen LogP contribution is 2.32. The zero-order chi connectivity index (χ0) is 12.6. The molecule has 0 saturated carbocycles. The summed E-state index contributed by atoms with van der Waals surface area (Å²) < 4.78 is 0. The molecule has 0 spiro atoms. The average molecular weight is 250 g/mol. The molecule has 1 heterocycles. The molecule has 0 aliphatic rings. The van der Waals surface area contributed by atoms with E-state index in [0.29, 0.717) is 0 Å². The number of halogens is 1. The number of aromatic nitrogens is 1. The number of nitrogens with zero attached hydrogens (tertiary/aromatic N) is 1. The van der Waals surface area contributed by atoms with Crippen molar-refractivity contribution >= 4 is 28.2 Å². The molecule has 3 nitrogen and oxygen atoms in total. The molecule has 0 aliphatic heterocycles. The zero-order valence-corrected chi connectivity index (χ0v) is 11.0. The first-order chi connectivity index (χ1) is 8.10. The van der Waals surface area contributed by atoms with Gasteiger partial charge in [-0.05, 0) is 43.5 Å². The molecule has 17 heavy (non-hydrogen) atoms. The van der Waals surface area contributed by atoms with Crippen LogP contribution in [-0.4, -0.2) is 4.98 Å². The van der Waals surface area contributed by atoms with Gasteiger partial charge >= 0.3 is 0 Å². The lowest BCUT2D eigenvalue weighted by Crippen LogP contribution is -2.11. The zero-order valence-electron chi connectivity index (χ0n) is 10.3. The first-order valence-corrected chi connectivity index (χ1v) is 6.02. The highest BCUT2D eigenvalue weighted by Gasteiger charge is 2.12. The van der Waals surface area contributed by atoms with Crippen molar-refractivity contribution in [3.05, 3.63) is 34.0 Å². The van der Waals surface area contributed by atoms with Gasteiger partial charge in [0.1, 0.15) is 0 Å². The number of hydrogen-bond acceptors (Lipinski definition) is 3. The van der Waals surface area contributed by atoms with Crippen LogP contribution in [0.2, 0.25) is 5.02 Å². The lowest BCUT2D eigenvalue weighted by atomic mass is 10.0. The minimum atomic E-state index is 0.735. The predicted octanol–water partition coefficient (Wildman–Crippen LogP) is 3.35. The number of aryl methyl sites for hydroxylation is 2. The Morgan fingerprint density at radius 2 is 2.00 bits per heavy atom. The summed E-state index contributed by atoms with van der Waals surface area (Å²) in [6, 6.07) is 3.84. The summed E-state index contributed by atoms with van der Waals surface area (Å²) in [6.45, 7) is 6.10. The third kappa shape index (κ3) is 1.85. The van der Waals surface area contributed by atoms with Gasteiger partial charge in [-0.1, -0.05) is 18.5 Å². The maximum Gasteiger partial charge on any atom is 0.0770 e. The molecule has 1 aromatic heterocycles. The van der Waals surface area contributed by atoms with E-state index >= 15 is 0 Å². The van der Waals surface area contributed by atoms with Crippen LogP contribution in [-0.2, 0) is 6.42 Å². The predicted molar refractivity (Wildman–Crippen MR) is 73.4 cm³/mol. The second-order valence-electron chi connectivity index (χ2n) is 4.12. The second kappa shape index (κ2) is 4.51. The van der Waals surface area contributed by atoms with Gasteiger partial charge in [0.25, 0.3) is 0 Å². The van der Waals surface area contributed by atoms with Gasteiger partial charge in [-0.2, -0.15) is 0 Å². The van der Waals surface area contributed by atoms with Crippen LogP contribution in [0.4, 0.5) is 5.69 Å². The summed E-state index contributed by atoms with van der Waals surface area (Å²) in [5.74, 6) is 5.62. The lowest BCUT2D eigenvalue weighted by Gasteiger charge is -2.14. The summed E-state index contributed by atoms with van der Waals surface area (Å²) in [4.78, 5) is 4.68. The van der Waals surface area contributed by atoms with E-state index in [9.17, 15) is 0 Å². The van der Waals surface area contributed by atoms with Crippen molar-refractivity contribution in [2.75, 3.05) is 5.43 Å². The third-order valence-corrected chi connectivity index (χ3v) is 3.58. The van der Waals surface area contributed by atoms with Crippen molar-refractivity contribution < 1.29 is 0 Å². The van der Waals surface area contributed by atoms with E-state index < -0.39 is 0 Å². The van der Waals surface area contributed by atoms with E-state index in [2.05, 4.69) is 17.3 Å². The second-order valence-corrected chi connectivity index (χ2v) is 4.53. The SMILES string of the molecule is CCc1nc2c(C)c(Cl)ccc2c(NN)c1C. The molecule has 2 aromatic rings. The van der Waals surface area contributed by atoms with Crippen molar-refractivity contribution in [1.82, 2.24) is 4.98 Å². The Labute approximate surface area is 106 Å². The first kappa shape index (κ1) is 12.1. The third-order valence-electron chi connectivity index (χ3n) is 3.17. The van der Waals surface area contributed by atoms with Crippen LogP contribution in [0.3, 0.4) is 0 Å². The molecular formula is C13H16ClN3. The van der Waals surface area contributed by atoms with E-state index in [1.165, 1.54) is 0 Å². The Balaban J connectivity index is 2.92. The number of pyridine rings is 1. The molecular weight excluding hydrogens is 234 g/mol. The minimum Gasteiger partial charge on any atom is -0.323 e. The van der Waals surface area contributed by atoms with Gasteiger partial charge in [-0.15, -0.1) is 0 Å². The van der Waals surface area contributed by atoms with Gasteiger partial charge in [0.05, 0.1) is 11.2 Å². The van der Waals surface area contributed by atoms with Crippen molar-refractivity contribution in [2.24, 2.45) is 5.84 Å². The maximum absolute atomic E-state index is 6.13. The minimum absolute atomic E-state index is 0.735. The fourth-order valence-electron chi connectivity index (χ4n) is 2.12. The standard InChI is InChI=1S/C13H16ClN3/c1-4-11-8(3)13(17-15)9-5-6-10(14)7(2)12(9)16-11/h5-6H,4,15H2,1-3H3,(H,16,17). The van der Waals surface area contributed by atoms with Crippen molar-refractivity contribution in [2.45, 2.75) is 27.2 Å². The number of hydrazine groups is 1. The normalized spacial score (nSPS) is 10.9. The topological polar surface area (TPSA) is 50.9 Å². The Kier molecular flexibility index (Phi) is 3.22. The lowest BCUT2D eigenvalue weighted by molar-refractivity contribution is 1.03. The molecule has 2 rings (SSSR count). The quantitative estimate of drug-likeness (QED) is 0.634. The highest BCUT2D eigenvalue weighted by atomic mass is 35.5. The number of benzene rings is 1.